The van der Waals surface area contributed by atoms with Crippen molar-refractivity contribution in [1.82, 2.24) is 9.27 Å². The van der Waals surface area contributed by atoms with Crippen LogP contribution in [0.3, 0.4) is 0 Å². The number of unbranched alkanes of at least 4 members (excludes halogenated alkanes) is 1. The summed E-state index contributed by atoms with van der Waals surface area (Å²) in [7, 11) is 0. The Hall–Kier alpha value is -1.67. The van der Waals surface area contributed by atoms with Gasteiger partial charge in [0.25, 0.3) is 0 Å². The Morgan fingerprint density at radius 2 is 1.50 bits per heavy atom. The van der Waals surface area contributed by atoms with E-state index in [1.54, 1.807) is 11.5 Å². The highest BCUT2D eigenvalue weighted by Crippen LogP contribution is 2.57. The molecule has 3 aliphatic carbocycles. The fourth-order valence-corrected chi connectivity index (χ4v) is 8.67. The molecule has 1 aromatic carbocycles. The van der Waals surface area contributed by atoms with Crippen molar-refractivity contribution in [3.8, 4) is 0 Å². The molecule has 3 aliphatic rings. The van der Waals surface area contributed by atoms with Gasteiger partial charge in [0, 0.05) is 29.7 Å². The van der Waals surface area contributed by atoms with Gasteiger partial charge in [0.1, 0.15) is 11.6 Å². The van der Waals surface area contributed by atoms with E-state index in [-0.39, 0.29) is 35.9 Å². The van der Waals surface area contributed by atoms with Crippen molar-refractivity contribution in [1.29, 1.82) is 0 Å². The molecule has 0 saturated heterocycles. The van der Waals surface area contributed by atoms with Crippen molar-refractivity contribution in [2.24, 2.45) is 29.6 Å². The molecule has 2 bridgehead atoms. The summed E-state index contributed by atoms with van der Waals surface area (Å²) in [6, 6.07) is 8.43. The van der Waals surface area contributed by atoms with Crippen LogP contribution in [-0.4, -0.2) is 62.9 Å². The van der Waals surface area contributed by atoms with Crippen LogP contribution in [0, 0.1) is 29.6 Å². The van der Waals surface area contributed by atoms with Crippen LogP contribution >= 0.6 is 11.5 Å². The summed E-state index contributed by atoms with van der Waals surface area (Å²) in [5.74, 6) is 0.194. The first-order valence-electron chi connectivity index (χ1n) is 18.5. The summed E-state index contributed by atoms with van der Waals surface area (Å²) < 4.78 is 5.73. The first-order valence-corrected chi connectivity index (χ1v) is 19.3. The molecule has 5 atom stereocenters. The molecule has 6 nitrogen and oxygen atoms in total. The van der Waals surface area contributed by atoms with E-state index in [0.717, 1.165) is 12.3 Å². The maximum absolute atomic E-state index is 11.6. The Kier molecular flexibility index (Phi) is 18.8. The lowest BCUT2D eigenvalue weighted by atomic mass is 9.69. The molecular weight excluding hydrogens is 593 g/mol. The maximum Gasteiger partial charge on any atom is 0.134 e. The molecule has 5 rings (SSSR count). The molecule has 0 aliphatic heterocycles. The number of hydrogen-bond donors (Lipinski definition) is 2. The van der Waals surface area contributed by atoms with Gasteiger partial charge in [-0.1, -0.05) is 91.3 Å². The van der Waals surface area contributed by atoms with E-state index in [0.29, 0.717) is 12.8 Å². The standard InChI is InChI=1S/C13H27N.C12H18O4.C10H11NS.C4H10/c1-3-10-14(11-4-2)12-13-8-6-5-7-9-13;1-6(14)10-8-3-9(11(10)7(2)15)12(16,4-8)5-13;1-2-5-9-8-6-3-4-7-10(8)12-11-9;1-3-4-2/h13H,3-12H2,1-2H3;8-11,13,16H,3-5H2,1-2H3;3-4,6-7H,2,5H2,1H3;3-4H2,1-2H3. The number of aliphatic hydroxyl groups excluding tert-OH is 1. The molecule has 3 fully saturated rings. The Bertz CT molecular complexity index is 1140. The first kappa shape index (κ1) is 40.5. The molecule has 46 heavy (non-hydrogen) atoms. The van der Waals surface area contributed by atoms with Crippen LogP contribution in [-0.2, 0) is 16.0 Å². The number of carbonyl (C=O) groups excluding carboxylic acids is 2. The summed E-state index contributed by atoms with van der Waals surface area (Å²) in [5, 5.41) is 20.8. The number of Topliss-reactive ketones (excluding diaryl/α,β-unsaturated/α-hetero) is 2. The van der Waals surface area contributed by atoms with Crippen molar-refractivity contribution in [2.75, 3.05) is 26.2 Å². The minimum Gasteiger partial charge on any atom is -0.393 e. The molecule has 262 valence electrons. The van der Waals surface area contributed by atoms with Crippen molar-refractivity contribution >= 4 is 33.2 Å². The SMILES string of the molecule is CC(=O)C1C2CC(C1C(C)=O)C(O)(CO)C2.CCCC.CCCN(CCC)CC1CCCCC1.CCCc1nsc2ccccc12. The lowest BCUT2D eigenvalue weighted by molar-refractivity contribution is -0.142. The molecule has 2 N–H and O–H groups in total. The second-order valence-electron chi connectivity index (χ2n) is 14.0. The summed E-state index contributed by atoms with van der Waals surface area (Å²) in [6.45, 7) is 17.8. The molecule has 7 heteroatoms. The number of nitrogens with zero attached hydrogens (tertiary/aromatic N) is 2. The van der Waals surface area contributed by atoms with Crippen LogP contribution in [0.25, 0.3) is 10.1 Å². The zero-order chi connectivity index (χ0) is 34.1. The number of aliphatic hydroxyl groups is 2. The highest BCUT2D eigenvalue weighted by Gasteiger charge is 2.61. The van der Waals surface area contributed by atoms with Gasteiger partial charge < -0.3 is 15.1 Å². The van der Waals surface area contributed by atoms with Gasteiger partial charge >= 0.3 is 0 Å². The average molecular weight is 659 g/mol. The van der Waals surface area contributed by atoms with E-state index < -0.39 is 11.5 Å². The third-order valence-corrected chi connectivity index (χ3v) is 11.0. The van der Waals surface area contributed by atoms with Crippen LogP contribution < -0.4 is 0 Å². The lowest BCUT2D eigenvalue weighted by Gasteiger charge is -2.38. The van der Waals surface area contributed by atoms with Gasteiger partial charge in [-0.15, -0.1) is 0 Å². The predicted molar refractivity (Wildman–Crippen MR) is 194 cm³/mol. The van der Waals surface area contributed by atoms with Gasteiger partial charge in [-0.25, -0.2) is 0 Å². The minimum absolute atomic E-state index is 0.0349. The average Bonchev–Trinajstić information content (AvgIpc) is 3.75. The molecule has 0 spiro atoms. The number of aromatic nitrogens is 1. The van der Waals surface area contributed by atoms with Crippen LogP contribution in [0.2, 0.25) is 0 Å². The molecule has 3 saturated carbocycles. The van der Waals surface area contributed by atoms with Crippen molar-refractivity contribution in [3.05, 3.63) is 30.0 Å². The zero-order valence-electron chi connectivity index (χ0n) is 30.2. The van der Waals surface area contributed by atoms with E-state index in [2.05, 4.69) is 68.2 Å². The largest absolute Gasteiger partial charge is 0.393 e. The summed E-state index contributed by atoms with van der Waals surface area (Å²) in [5.41, 5.74) is 0.116. The number of ketones is 2. The predicted octanol–water partition coefficient (Wildman–Crippen LogP) is 8.90. The molecule has 5 unspecified atom stereocenters. The third kappa shape index (κ3) is 11.8. The first-order chi connectivity index (χ1) is 22.1. The highest BCUT2D eigenvalue weighted by atomic mass is 32.1. The van der Waals surface area contributed by atoms with Crippen molar-refractivity contribution < 1.29 is 19.8 Å². The third-order valence-electron chi connectivity index (χ3n) is 10.2. The fourth-order valence-electron chi connectivity index (χ4n) is 7.85. The van der Waals surface area contributed by atoms with E-state index in [1.807, 2.05) is 0 Å². The normalized spacial score (nSPS) is 25.3. The number of benzene rings is 1. The second-order valence-corrected chi connectivity index (χ2v) is 14.8. The van der Waals surface area contributed by atoms with Gasteiger partial charge in [-0.05, 0) is 101 Å². The fraction of sp³-hybridized carbons (Fsp3) is 0.769. The number of hydrogen-bond acceptors (Lipinski definition) is 7. The highest BCUT2D eigenvalue weighted by molar-refractivity contribution is 7.13. The Labute approximate surface area is 284 Å². The van der Waals surface area contributed by atoms with E-state index in [9.17, 15) is 19.8 Å². The minimum atomic E-state index is -1.15. The Balaban J connectivity index is 0.000000228. The van der Waals surface area contributed by atoms with E-state index in [4.69, 9.17) is 0 Å². The lowest BCUT2D eigenvalue weighted by Crippen LogP contribution is -2.49. The number of carbonyl (C=O) groups is 2. The second kappa shape index (κ2) is 21.3. The molecular formula is C39H66N2O4S. The van der Waals surface area contributed by atoms with Crippen LogP contribution in [0.15, 0.2) is 24.3 Å². The van der Waals surface area contributed by atoms with Gasteiger partial charge in [-0.3, -0.25) is 9.59 Å². The quantitative estimate of drug-likeness (QED) is 0.237. The van der Waals surface area contributed by atoms with Crippen molar-refractivity contribution in [2.45, 2.75) is 138 Å². The molecule has 0 amide bonds. The molecule has 1 heterocycles. The van der Waals surface area contributed by atoms with Gasteiger partial charge in [-0.2, -0.15) is 4.37 Å². The molecule has 1 aromatic heterocycles. The van der Waals surface area contributed by atoms with Crippen molar-refractivity contribution in [3.63, 3.8) is 0 Å². The van der Waals surface area contributed by atoms with Crippen LogP contribution in [0.4, 0.5) is 0 Å². The topological polar surface area (TPSA) is 90.7 Å². The van der Waals surface area contributed by atoms with Gasteiger partial charge in [0.2, 0.25) is 0 Å². The smallest absolute Gasteiger partial charge is 0.134 e. The molecule has 2 aromatic rings. The van der Waals surface area contributed by atoms with Crippen LogP contribution in [0.1, 0.15) is 131 Å². The van der Waals surface area contributed by atoms with E-state index in [1.165, 1.54) is 113 Å². The van der Waals surface area contributed by atoms with Gasteiger partial charge in [0.15, 0.2) is 0 Å². The number of rotatable bonds is 12. The maximum atomic E-state index is 11.6. The number of fused-ring (bicyclic) bond motifs is 3. The summed E-state index contributed by atoms with van der Waals surface area (Å²) >= 11 is 1.60. The summed E-state index contributed by atoms with van der Waals surface area (Å²) in [6.07, 6.45) is 16.1. The van der Waals surface area contributed by atoms with E-state index >= 15 is 0 Å². The van der Waals surface area contributed by atoms with Crippen LogP contribution in [0.5, 0.6) is 0 Å². The summed E-state index contributed by atoms with van der Waals surface area (Å²) in [4.78, 5) is 25.8. The van der Waals surface area contributed by atoms with Gasteiger partial charge in [0.05, 0.1) is 22.6 Å². The Morgan fingerprint density at radius 3 is 2.02 bits per heavy atom. The molecule has 0 radical (unpaired) electrons. The number of aryl methyl sites for hydroxylation is 1. The zero-order valence-corrected chi connectivity index (χ0v) is 31.0. The Morgan fingerprint density at radius 1 is 0.891 bits per heavy atom. The monoisotopic (exact) mass is 658 g/mol.